The Labute approximate surface area is 137 Å². The number of fused-ring (bicyclic) bond motifs is 1. The molecule has 0 bridgehead atoms. The minimum atomic E-state index is 0.642. The number of hydrogen-bond acceptors (Lipinski definition) is 1. The summed E-state index contributed by atoms with van der Waals surface area (Å²) < 4.78 is 5.64. The van der Waals surface area contributed by atoms with Gasteiger partial charge in [-0.05, 0) is 60.2 Å². The minimum absolute atomic E-state index is 0.642. The zero-order valence-corrected chi connectivity index (χ0v) is 13.6. The molecule has 1 aliphatic rings. The van der Waals surface area contributed by atoms with E-state index >= 15 is 0 Å². The van der Waals surface area contributed by atoms with Crippen molar-refractivity contribution in [1.82, 2.24) is 4.98 Å². The molecule has 3 aromatic rings. The summed E-state index contributed by atoms with van der Waals surface area (Å²) in [5.74, 6) is 1.68. The van der Waals surface area contributed by atoms with E-state index in [1.807, 2.05) is 0 Å². The molecule has 23 heavy (non-hydrogen) atoms. The molecule has 0 aliphatic heterocycles. The molecule has 0 unspecified atom stereocenters. The Kier molecular flexibility index (Phi) is 3.82. The number of aromatic amines is 1. The smallest absolute Gasteiger partial charge is 0.122 e. The fraction of sp³-hybridized carbons (Fsp3) is 0.333. The number of nitrogens with one attached hydrogen (secondary N) is 1. The predicted molar refractivity (Wildman–Crippen MR) is 96.1 cm³/mol. The second kappa shape index (κ2) is 6.11. The van der Waals surface area contributed by atoms with Crippen LogP contribution in [-0.4, -0.2) is 12.1 Å². The molecule has 0 radical (unpaired) electrons. The van der Waals surface area contributed by atoms with Gasteiger partial charge in [-0.1, -0.05) is 37.5 Å². The average molecular weight is 305 g/mol. The normalized spacial score (nSPS) is 15.9. The van der Waals surface area contributed by atoms with Gasteiger partial charge in [0.05, 0.1) is 7.11 Å². The lowest BCUT2D eigenvalue weighted by Crippen LogP contribution is -2.06. The van der Waals surface area contributed by atoms with Gasteiger partial charge in [0.2, 0.25) is 0 Å². The molecule has 4 rings (SSSR count). The third-order valence-corrected chi connectivity index (χ3v) is 5.12. The summed E-state index contributed by atoms with van der Waals surface area (Å²) in [7, 11) is 1.78. The Bertz CT molecular complexity index is 779. The number of para-hydroxylation sites is 1. The third kappa shape index (κ3) is 2.74. The van der Waals surface area contributed by atoms with Crippen molar-refractivity contribution in [3.8, 4) is 17.0 Å². The maximum absolute atomic E-state index is 5.64. The fourth-order valence-electron chi connectivity index (χ4n) is 3.86. The molecule has 0 amide bonds. The number of H-pyrrole nitrogens is 1. The molecular weight excluding hydrogens is 282 g/mol. The molecule has 0 atom stereocenters. The Hall–Kier alpha value is -2.22. The molecule has 2 aromatic carbocycles. The molecule has 2 nitrogen and oxygen atoms in total. The van der Waals surface area contributed by atoms with Crippen molar-refractivity contribution in [3.05, 3.63) is 54.1 Å². The van der Waals surface area contributed by atoms with Gasteiger partial charge in [-0.3, -0.25) is 0 Å². The van der Waals surface area contributed by atoms with Crippen LogP contribution in [0.3, 0.4) is 0 Å². The van der Waals surface area contributed by atoms with E-state index in [0.717, 1.165) is 5.75 Å². The highest BCUT2D eigenvalue weighted by Gasteiger charge is 2.20. The monoisotopic (exact) mass is 305 g/mol. The minimum Gasteiger partial charge on any atom is -0.496 e. The number of benzene rings is 2. The van der Waals surface area contributed by atoms with Crippen molar-refractivity contribution >= 4 is 10.9 Å². The van der Waals surface area contributed by atoms with Gasteiger partial charge in [0.15, 0.2) is 0 Å². The van der Waals surface area contributed by atoms with Gasteiger partial charge in [-0.25, -0.2) is 0 Å². The topological polar surface area (TPSA) is 25.0 Å². The van der Waals surface area contributed by atoms with Gasteiger partial charge in [0.25, 0.3) is 0 Å². The van der Waals surface area contributed by atoms with Crippen LogP contribution in [0.5, 0.6) is 5.75 Å². The fourth-order valence-corrected chi connectivity index (χ4v) is 3.86. The predicted octanol–water partition coefficient (Wildman–Crippen LogP) is 5.89. The molecule has 1 fully saturated rings. The quantitative estimate of drug-likeness (QED) is 0.641. The number of hydrogen-bond donors (Lipinski definition) is 1. The van der Waals surface area contributed by atoms with Crippen LogP contribution in [0.1, 0.15) is 43.6 Å². The summed E-state index contributed by atoms with van der Waals surface area (Å²) in [5, 5.41) is 1.26. The first kappa shape index (κ1) is 14.4. The first-order chi connectivity index (χ1) is 11.3. The first-order valence-electron chi connectivity index (χ1n) is 8.61. The molecule has 1 saturated carbocycles. The lowest BCUT2D eigenvalue weighted by atomic mass is 9.83. The van der Waals surface area contributed by atoms with Crippen LogP contribution >= 0.6 is 0 Å². The highest BCUT2D eigenvalue weighted by atomic mass is 16.5. The molecule has 1 aliphatic carbocycles. The Morgan fingerprint density at radius 2 is 1.78 bits per heavy atom. The van der Waals surface area contributed by atoms with Crippen LogP contribution in [0.15, 0.2) is 48.5 Å². The van der Waals surface area contributed by atoms with Crippen LogP contribution in [0.2, 0.25) is 0 Å². The van der Waals surface area contributed by atoms with E-state index < -0.39 is 0 Å². The van der Waals surface area contributed by atoms with E-state index in [1.165, 1.54) is 59.8 Å². The van der Waals surface area contributed by atoms with E-state index in [1.54, 1.807) is 7.11 Å². The molecule has 1 aromatic heterocycles. The van der Waals surface area contributed by atoms with E-state index in [0.29, 0.717) is 5.92 Å². The summed E-state index contributed by atoms with van der Waals surface area (Å²) in [5.41, 5.74) is 5.01. The van der Waals surface area contributed by atoms with Gasteiger partial charge < -0.3 is 9.72 Å². The highest BCUT2D eigenvalue weighted by Crippen LogP contribution is 2.39. The Morgan fingerprint density at radius 3 is 2.57 bits per heavy atom. The van der Waals surface area contributed by atoms with Gasteiger partial charge in [-0.15, -0.1) is 0 Å². The van der Waals surface area contributed by atoms with Gasteiger partial charge in [-0.2, -0.15) is 0 Å². The van der Waals surface area contributed by atoms with Gasteiger partial charge in [0.1, 0.15) is 5.75 Å². The largest absolute Gasteiger partial charge is 0.496 e. The Balaban J connectivity index is 1.76. The van der Waals surface area contributed by atoms with Gasteiger partial charge in [0, 0.05) is 16.6 Å². The van der Waals surface area contributed by atoms with Crippen molar-refractivity contribution < 1.29 is 4.74 Å². The van der Waals surface area contributed by atoms with Crippen molar-refractivity contribution in [3.63, 3.8) is 0 Å². The number of aromatic nitrogens is 1. The third-order valence-electron chi connectivity index (χ3n) is 5.12. The lowest BCUT2D eigenvalue weighted by molar-refractivity contribution is 0.387. The standard InChI is InChI=1S/C21H23NO/c1-23-21-12-11-17(13-18(21)15-7-3-2-4-8-15)20-14-16-9-5-6-10-19(16)22-20/h5-6,9-15,22H,2-4,7-8H2,1H3. The molecule has 1 N–H and O–H groups in total. The number of rotatable bonds is 3. The molecule has 118 valence electrons. The highest BCUT2D eigenvalue weighted by molar-refractivity contribution is 5.86. The van der Waals surface area contributed by atoms with Crippen molar-refractivity contribution in [2.24, 2.45) is 0 Å². The van der Waals surface area contributed by atoms with E-state index in [9.17, 15) is 0 Å². The molecule has 0 saturated heterocycles. The number of methoxy groups -OCH3 is 1. The number of ether oxygens (including phenoxy) is 1. The van der Waals surface area contributed by atoms with Crippen molar-refractivity contribution in [1.29, 1.82) is 0 Å². The first-order valence-corrected chi connectivity index (χ1v) is 8.61. The van der Waals surface area contributed by atoms with Crippen LogP contribution < -0.4 is 4.74 Å². The van der Waals surface area contributed by atoms with Crippen LogP contribution in [0.4, 0.5) is 0 Å². The molecule has 1 heterocycles. The second-order valence-corrected chi connectivity index (χ2v) is 6.56. The summed E-state index contributed by atoms with van der Waals surface area (Å²) >= 11 is 0. The molecule has 0 spiro atoms. The van der Waals surface area contributed by atoms with E-state index in [2.05, 4.69) is 53.5 Å². The van der Waals surface area contributed by atoms with Crippen LogP contribution in [0, 0.1) is 0 Å². The Morgan fingerprint density at radius 1 is 0.957 bits per heavy atom. The van der Waals surface area contributed by atoms with Crippen molar-refractivity contribution in [2.45, 2.75) is 38.0 Å². The lowest BCUT2D eigenvalue weighted by Gasteiger charge is -2.24. The van der Waals surface area contributed by atoms with E-state index in [-0.39, 0.29) is 0 Å². The van der Waals surface area contributed by atoms with E-state index in [4.69, 9.17) is 4.74 Å². The van der Waals surface area contributed by atoms with Crippen molar-refractivity contribution in [2.75, 3.05) is 7.11 Å². The van der Waals surface area contributed by atoms with Crippen LogP contribution in [-0.2, 0) is 0 Å². The zero-order chi connectivity index (χ0) is 15.6. The zero-order valence-electron chi connectivity index (χ0n) is 13.6. The summed E-state index contributed by atoms with van der Waals surface area (Å²) in [6, 6.07) is 17.3. The molecule has 2 heteroatoms. The molecular formula is C21H23NO. The second-order valence-electron chi connectivity index (χ2n) is 6.56. The maximum Gasteiger partial charge on any atom is 0.122 e. The van der Waals surface area contributed by atoms with Gasteiger partial charge >= 0.3 is 0 Å². The maximum atomic E-state index is 5.64. The SMILES string of the molecule is COc1ccc(-c2cc3ccccc3[nH]2)cc1C1CCCCC1. The van der Waals surface area contributed by atoms with Crippen LogP contribution in [0.25, 0.3) is 22.2 Å². The summed E-state index contributed by atoms with van der Waals surface area (Å²) in [4.78, 5) is 3.54. The average Bonchev–Trinajstić information content (AvgIpc) is 3.06. The summed E-state index contributed by atoms with van der Waals surface area (Å²) in [6.07, 6.45) is 6.62. The summed E-state index contributed by atoms with van der Waals surface area (Å²) in [6.45, 7) is 0.